The Balaban J connectivity index is 4.22. The molecular weight excluding hydrogens is 661 g/mol. The van der Waals surface area contributed by atoms with Crippen molar-refractivity contribution in [3.8, 4) is 0 Å². The van der Waals surface area contributed by atoms with Crippen LogP contribution in [0.15, 0.2) is 12.2 Å². The van der Waals surface area contributed by atoms with E-state index in [-0.39, 0.29) is 25.8 Å². The zero-order valence-electron chi connectivity index (χ0n) is 34.4. The van der Waals surface area contributed by atoms with Crippen molar-refractivity contribution in [1.29, 1.82) is 0 Å². The van der Waals surface area contributed by atoms with E-state index in [1.165, 1.54) is 135 Å². The standard InChI is InChI=1S/C42H84NO7P/c1-6-8-10-12-14-16-18-20-21-22-24-26-28-30-32-34-37-47-39-41(40-49-51(45,46)48-38-36-43(3,4)5)50-42(44)35-33-31-29-27-25-23-19-17-15-13-11-9-7-2/h17,19,41H,6-16,18,20-40H2,1-5H3/p+1/b19-17-/t41-/m1/s1. The topological polar surface area (TPSA) is 91.3 Å². The Labute approximate surface area is 316 Å². The molecule has 0 aliphatic carbocycles. The molecule has 0 spiro atoms. The highest BCUT2D eigenvalue weighted by atomic mass is 31.2. The van der Waals surface area contributed by atoms with Gasteiger partial charge in [-0.25, -0.2) is 4.57 Å². The van der Waals surface area contributed by atoms with Crippen molar-refractivity contribution in [2.75, 3.05) is 54.1 Å². The van der Waals surface area contributed by atoms with Crippen molar-refractivity contribution in [3.05, 3.63) is 12.2 Å². The summed E-state index contributed by atoms with van der Waals surface area (Å²) in [5, 5.41) is 0. The second-order valence-corrected chi connectivity index (χ2v) is 17.2. The van der Waals surface area contributed by atoms with Gasteiger partial charge in [-0.15, -0.1) is 0 Å². The van der Waals surface area contributed by atoms with Crippen molar-refractivity contribution in [2.24, 2.45) is 0 Å². The van der Waals surface area contributed by atoms with Gasteiger partial charge in [0, 0.05) is 13.0 Å². The number of ether oxygens (including phenoxy) is 2. The molecule has 9 heteroatoms. The Morgan fingerprint density at radius 3 is 1.51 bits per heavy atom. The van der Waals surface area contributed by atoms with Crippen LogP contribution in [0.5, 0.6) is 0 Å². The van der Waals surface area contributed by atoms with E-state index in [1.807, 2.05) is 21.1 Å². The number of likely N-dealkylation sites (N-methyl/N-ethyl adjacent to an activating group) is 1. The van der Waals surface area contributed by atoms with E-state index in [4.69, 9.17) is 18.5 Å². The number of carbonyl (C=O) groups is 1. The maximum Gasteiger partial charge on any atom is 0.472 e. The molecule has 51 heavy (non-hydrogen) atoms. The third-order valence-corrected chi connectivity index (χ3v) is 10.3. The van der Waals surface area contributed by atoms with Gasteiger partial charge >= 0.3 is 13.8 Å². The molecule has 0 heterocycles. The predicted molar refractivity (Wildman–Crippen MR) is 215 cm³/mol. The maximum absolute atomic E-state index is 12.6. The third-order valence-electron chi connectivity index (χ3n) is 9.33. The van der Waals surface area contributed by atoms with Crippen LogP contribution in [0.4, 0.5) is 0 Å². The van der Waals surface area contributed by atoms with Crippen molar-refractivity contribution in [3.63, 3.8) is 0 Å². The SMILES string of the molecule is CCCCCC/C=C\CCCCCCCC(=O)O[C@H](COCCCCCCCCCCCCCCCCCC)COP(=O)(O)OCC[N+](C)(C)C. The summed E-state index contributed by atoms with van der Waals surface area (Å²) in [5.41, 5.74) is 0. The van der Waals surface area contributed by atoms with Gasteiger partial charge in [0.05, 0.1) is 34.4 Å². The van der Waals surface area contributed by atoms with E-state index in [1.54, 1.807) is 0 Å². The van der Waals surface area contributed by atoms with Gasteiger partial charge in [0.1, 0.15) is 19.3 Å². The molecule has 1 unspecified atom stereocenters. The Morgan fingerprint density at radius 2 is 1.02 bits per heavy atom. The third kappa shape index (κ3) is 40.3. The average Bonchev–Trinajstić information content (AvgIpc) is 3.08. The fourth-order valence-corrected chi connectivity index (χ4v) is 6.70. The number of phosphoric acid groups is 1. The zero-order valence-corrected chi connectivity index (χ0v) is 35.3. The first-order valence-electron chi connectivity index (χ1n) is 21.4. The fourth-order valence-electron chi connectivity index (χ4n) is 5.96. The summed E-state index contributed by atoms with van der Waals surface area (Å²) in [6, 6.07) is 0. The number of nitrogens with zero attached hydrogens (tertiary/aromatic N) is 1. The van der Waals surface area contributed by atoms with Gasteiger partial charge in [0.15, 0.2) is 0 Å². The van der Waals surface area contributed by atoms with Crippen molar-refractivity contribution < 1.29 is 37.3 Å². The highest BCUT2D eigenvalue weighted by Gasteiger charge is 2.26. The Hall–Kier alpha value is -0.760. The number of hydrogen-bond acceptors (Lipinski definition) is 6. The van der Waals surface area contributed by atoms with Crippen LogP contribution in [0.2, 0.25) is 0 Å². The van der Waals surface area contributed by atoms with Crippen LogP contribution in [0.1, 0.15) is 194 Å². The second-order valence-electron chi connectivity index (χ2n) is 15.7. The summed E-state index contributed by atoms with van der Waals surface area (Å²) in [6.45, 7) is 5.63. The monoisotopic (exact) mass is 747 g/mol. The Kier molecular flexibility index (Phi) is 35.7. The number of allylic oxidation sites excluding steroid dienone is 2. The van der Waals surface area contributed by atoms with E-state index >= 15 is 0 Å². The Bertz CT molecular complexity index is 833. The van der Waals surface area contributed by atoms with Crippen LogP contribution in [-0.2, 0) is 27.9 Å². The highest BCUT2D eigenvalue weighted by molar-refractivity contribution is 7.47. The van der Waals surface area contributed by atoms with Crippen LogP contribution < -0.4 is 0 Å². The summed E-state index contributed by atoms with van der Waals surface area (Å²) < 4.78 is 34.9. The van der Waals surface area contributed by atoms with Crippen molar-refractivity contribution in [1.82, 2.24) is 0 Å². The van der Waals surface area contributed by atoms with Gasteiger partial charge in [0.2, 0.25) is 0 Å². The molecule has 0 aliphatic heterocycles. The fraction of sp³-hybridized carbons (Fsp3) is 0.929. The van der Waals surface area contributed by atoms with Gasteiger partial charge < -0.3 is 18.9 Å². The summed E-state index contributed by atoms with van der Waals surface area (Å²) in [6.07, 6.45) is 38.1. The minimum absolute atomic E-state index is 0.0901. The molecule has 304 valence electrons. The molecular formula is C42H85NO7P+. The largest absolute Gasteiger partial charge is 0.472 e. The summed E-state index contributed by atoms with van der Waals surface area (Å²) in [7, 11) is 1.67. The van der Waals surface area contributed by atoms with Crippen LogP contribution in [-0.4, -0.2) is 75.6 Å². The average molecular weight is 747 g/mol. The molecule has 0 amide bonds. The summed E-state index contributed by atoms with van der Waals surface area (Å²) in [5.74, 6) is -0.320. The quantitative estimate of drug-likeness (QED) is 0.0219. The minimum atomic E-state index is -4.27. The van der Waals surface area contributed by atoms with Crippen molar-refractivity contribution in [2.45, 2.75) is 200 Å². The molecule has 0 saturated heterocycles. The van der Waals surface area contributed by atoms with Gasteiger partial charge in [-0.1, -0.05) is 161 Å². The number of phosphoric ester groups is 1. The Morgan fingerprint density at radius 1 is 0.588 bits per heavy atom. The summed E-state index contributed by atoms with van der Waals surface area (Å²) in [4.78, 5) is 22.8. The lowest BCUT2D eigenvalue weighted by Gasteiger charge is -2.24. The van der Waals surface area contributed by atoms with Gasteiger partial charge in [-0.05, 0) is 38.5 Å². The number of esters is 1. The molecule has 1 N–H and O–H groups in total. The van der Waals surface area contributed by atoms with Crippen LogP contribution in [0, 0.1) is 0 Å². The first kappa shape index (κ1) is 50.2. The zero-order chi connectivity index (χ0) is 37.7. The van der Waals surface area contributed by atoms with E-state index in [0.29, 0.717) is 24.1 Å². The van der Waals surface area contributed by atoms with Crippen LogP contribution in [0.3, 0.4) is 0 Å². The van der Waals surface area contributed by atoms with Crippen LogP contribution >= 0.6 is 7.82 Å². The number of carbonyl (C=O) groups excluding carboxylic acids is 1. The number of hydrogen-bond donors (Lipinski definition) is 1. The van der Waals surface area contributed by atoms with Crippen molar-refractivity contribution >= 4 is 13.8 Å². The molecule has 0 aromatic carbocycles. The first-order valence-corrected chi connectivity index (χ1v) is 22.9. The summed E-state index contributed by atoms with van der Waals surface area (Å²) >= 11 is 0. The van der Waals surface area contributed by atoms with Gasteiger partial charge in [0.25, 0.3) is 0 Å². The number of quaternary nitrogens is 1. The molecule has 0 aromatic heterocycles. The maximum atomic E-state index is 12.6. The van der Waals surface area contributed by atoms with Gasteiger partial charge in [-0.2, -0.15) is 0 Å². The highest BCUT2D eigenvalue weighted by Crippen LogP contribution is 2.43. The normalized spacial score (nSPS) is 13.9. The van der Waals surface area contributed by atoms with Gasteiger partial charge in [-0.3, -0.25) is 13.8 Å². The molecule has 0 aliphatic rings. The minimum Gasteiger partial charge on any atom is -0.457 e. The lowest BCUT2D eigenvalue weighted by atomic mass is 10.0. The number of rotatable bonds is 40. The van der Waals surface area contributed by atoms with E-state index in [2.05, 4.69) is 26.0 Å². The molecule has 8 nitrogen and oxygen atoms in total. The molecule has 2 atom stereocenters. The molecule has 0 rings (SSSR count). The molecule has 0 fully saturated rings. The smallest absolute Gasteiger partial charge is 0.457 e. The number of unbranched alkanes of at least 4 members (excludes halogenated alkanes) is 24. The lowest BCUT2D eigenvalue weighted by Crippen LogP contribution is -2.37. The molecule has 0 radical (unpaired) electrons. The lowest BCUT2D eigenvalue weighted by molar-refractivity contribution is -0.870. The second kappa shape index (κ2) is 36.2. The van der Waals surface area contributed by atoms with E-state index in [0.717, 1.165) is 38.5 Å². The molecule has 0 saturated carbocycles. The molecule has 0 aromatic rings. The predicted octanol–water partition coefficient (Wildman–Crippen LogP) is 12.3. The van der Waals surface area contributed by atoms with Crippen LogP contribution in [0.25, 0.3) is 0 Å². The van der Waals surface area contributed by atoms with E-state index in [9.17, 15) is 14.3 Å². The molecule has 0 bridgehead atoms. The first-order chi connectivity index (χ1) is 24.6. The van der Waals surface area contributed by atoms with E-state index < -0.39 is 13.9 Å².